The number of nitrogens with one attached hydrogen (secondary N) is 1. The number of hydrazine groups is 1. The molecule has 0 amide bonds. The van der Waals surface area contributed by atoms with Gasteiger partial charge in [-0.1, -0.05) is 0 Å². The Bertz CT molecular complexity index is 664. The highest BCUT2D eigenvalue weighted by Gasteiger charge is 2.17. The van der Waals surface area contributed by atoms with Gasteiger partial charge in [0.1, 0.15) is 32.7 Å². The van der Waals surface area contributed by atoms with Crippen LogP contribution in [-0.4, -0.2) is 9.66 Å². The molecule has 0 bridgehead atoms. The molecule has 2 heterocycles. The molecule has 0 spiro atoms. The van der Waals surface area contributed by atoms with Crippen molar-refractivity contribution in [3.8, 4) is 6.07 Å². The van der Waals surface area contributed by atoms with Crippen LogP contribution >= 0.6 is 11.3 Å². The van der Waals surface area contributed by atoms with Gasteiger partial charge in [-0.25, -0.2) is 15.5 Å². The van der Waals surface area contributed by atoms with Gasteiger partial charge in [0.25, 0.3) is 5.56 Å². The van der Waals surface area contributed by atoms with Gasteiger partial charge in [0.05, 0.1) is 0 Å². The molecule has 0 aromatic carbocycles. The Morgan fingerprint density at radius 3 is 2.88 bits per heavy atom. The third-order valence-electron chi connectivity index (χ3n) is 2.16. The molecule has 7 nitrogen and oxygen atoms in total. The summed E-state index contributed by atoms with van der Waals surface area (Å²) >= 11 is 1.06. The van der Waals surface area contributed by atoms with Crippen LogP contribution in [0.15, 0.2) is 4.79 Å². The van der Waals surface area contributed by atoms with Crippen LogP contribution in [0, 0.1) is 18.3 Å². The van der Waals surface area contributed by atoms with Gasteiger partial charge in [-0.3, -0.25) is 4.79 Å². The number of nitrogens with zero attached hydrogens (tertiary/aromatic N) is 3. The van der Waals surface area contributed by atoms with Crippen molar-refractivity contribution in [2.24, 2.45) is 5.84 Å². The highest BCUT2D eigenvalue weighted by Crippen LogP contribution is 2.30. The Morgan fingerprint density at radius 2 is 2.31 bits per heavy atom. The summed E-state index contributed by atoms with van der Waals surface area (Å²) in [5, 5.41) is 9.38. The summed E-state index contributed by atoms with van der Waals surface area (Å²) < 4.78 is 1.26. The Hall–Kier alpha value is -2.11. The molecule has 0 fully saturated rings. The predicted molar refractivity (Wildman–Crippen MR) is 61.3 cm³/mol. The molecule has 82 valence electrons. The van der Waals surface area contributed by atoms with Crippen molar-refractivity contribution in [1.82, 2.24) is 9.66 Å². The fourth-order valence-electron chi connectivity index (χ4n) is 1.35. The normalized spacial score (nSPS) is 10.3. The molecular formula is C8H8N6OS. The number of rotatable bonds is 1. The number of thiophene rings is 1. The zero-order chi connectivity index (χ0) is 11.9. The molecule has 2 rings (SSSR count). The molecular weight excluding hydrogens is 228 g/mol. The minimum Gasteiger partial charge on any atom is -0.335 e. The van der Waals surface area contributed by atoms with E-state index in [1.54, 1.807) is 6.92 Å². The standard InChI is InChI=1S/C8H8N6OS/c1-3-12-5-4(2-9)7(13-10)16-6(5)8(15)14(3)11/h13H,10-11H2,1H3. The van der Waals surface area contributed by atoms with E-state index in [1.807, 2.05) is 6.07 Å². The van der Waals surface area contributed by atoms with Crippen LogP contribution in [0.5, 0.6) is 0 Å². The number of aromatic nitrogens is 2. The van der Waals surface area contributed by atoms with Crippen molar-refractivity contribution < 1.29 is 0 Å². The van der Waals surface area contributed by atoms with Crippen molar-refractivity contribution in [2.75, 3.05) is 11.3 Å². The molecule has 0 aliphatic heterocycles. The number of anilines is 1. The number of aryl methyl sites for hydroxylation is 1. The molecule has 8 heteroatoms. The van der Waals surface area contributed by atoms with E-state index in [2.05, 4.69) is 10.4 Å². The van der Waals surface area contributed by atoms with Crippen LogP contribution in [-0.2, 0) is 0 Å². The highest BCUT2D eigenvalue weighted by molar-refractivity contribution is 7.23. The van der Waals surface area contributed by atoms with Gasteiger partial charge in [0.2, 0.25) is 0 Å². The number of nitrogen functional groups attached to an aromatic ring is 2. The average molecular weight is 236 g/mol. The van der Waals surface area contributed by atoms with Gasteiger partial charge in [0, 0.05) is 0 Å². The molecule has 0 saturated heterocycles. The topological polar surface area (TPSA) is 123 Å². The first-order chi connectivity index (χ1) is 7.60. The molecule has 2 aromatic rings. The van der Waals surface area contributed by atoms with E-state index in [-0.39, 0.29) is 11.1 Å². The predicted octanol–water partition coefficient (Wildman–Crippen LogP) is -0.363. The molecule has 0 radical (unpaired) electrons. The van der Waals surface area contributed by atoms with Gasteiger partial charge >= 0.3 is 0 Å². The van der Waals surface area contributed by atoms with Crippen LogP contribution in [0.3, 0.4) is 0 Å². The van der Waals surface area contributed by atoms with E-state index in [1.165, 1.54) is 0 Å². The van der Waals surface area contributed by atoms with E-state index in [0.29, 0.717) is 21.0 Å². The van der Waals surface area contributed by atoms with Crippen LogP contribution in [0.1, 0.15) is 11.4 Å². The summed E-state index contributed by atoms with van der Waals surface area (Å²) in [6.07, 6.45) is 0. The van der Waals surface area contributed by atoms with Gasteiger partial charge in [-0.2, -0.15) is 5.26 Å². The van der Waals surface area contributed by atoms with Crippen molar-refractivity contribution in [3.05, 3.63) is 21.7 Å². The lowest BCUT2D eigenvalue weighted by Gasteiger charge is -2.00. The quantitative estimate of drug-likeness (QED) is 0.459. The summed E-state index contributed by atoms with van der Waals surface area (Å²) in [4.78, 5) is 15.9. The summed E-state index contributed by atoms with van der Waals surface area (Å²) in [6.45, 7) is 1.59. The molecule has 16 heavy (non-hydrogen) atoms. The van der Waals surface area contributed by atoms with Gasteiger partial charge < -0.3 is 11.3 Å². The zero-order valence-corrected chi connectivity index (χ0v) is 9.13. The van der Waals surface area contributed by atoms with Gasteiger partial charge in [-0.15, -0.1) is 11.3 Å². The lowest BCUT2D eigenvalue weighted by Crippen LogP contribution is -2.29. The van der Waals surface area contributed by atoms with E-state index >= 15 is 0 Å². The molecule has 0 atom stereocenters. The second kappa shape index (κ2) is 3.48. The largest absolute Gasteiger partial charge is 0.335 e. The number of hydrogen-bond donors (Lipinski definition) is 3. The fourth-order valence-corrected chi connectivity index (χ4v) is 2.29. The van der Waals surface area contributed by atoms with Crippen molar-refractivity contribution in [1.29, 1.82) is 5.26 Å². The number of hydrogen-bond acceptors (Lipinski definition) is 7. The number of nitriles is 1. The maximum absolute atomic E-state index is 11.8. The molecule has 2 aromatic heterocycles. The van der Waals surface area contributed by atoms with Crippen LogP contribution in [0.4, 0.5) is 5.00 Å². The maximum Gasteiger partial charge on any atom is 0.289 e. The first-order valence-electron chi connectivity index (χ1n) is 4.28. The molecule has 0 unspecified atom stereocenters. The smallest absolute Gasteiger partial charge is 0.289 e. The molecule has 0 aliphatic rings. The van der Waals surface area contributed by atoms with Crippen molar-refractivity contribution >= 4 is 26.6 Å². The second-order valence-electron chi connectivity index (χ2n) is 3.07. The van der Waals surface area contributed by atoms with Crippen LogP contribution < -0.4 is 22.7 Å². The van der Waals surface area contributed by atoms with Crippen LogP contribution in [0.25, 0.3) is 10.2 Å². The monoisotopic (exact) mass is 236 g/mol. The lowest BCUT2D eigenvalue weighted by atomic mass is 10.3. The minimum atomic E-state index is -0.384. The van der Waals surface area contributed by atoms with Crippen LogP contribution in [0.2, 0.25) is 0 Å². The first kappa shape index (κ1) is 10.4. The Kier molecular flexibility index (Phi) is 2.26. The second-order valence-corrected chi connectivity index (χ2v) is 4.09. The lowest BCUT2D eigenvalue weighted by molar-refractivity contribution is 0.854. The third-order valence-corrected chi connectivity index (χ3v) is 3.26. The Morgan fingerprint density at radius 1 is 1.62 bits per heavy atom. The molecule has 0 aliphatic carbocycles. The maximum atomic E-state index is 11.8. The van der Waals surface area contributed by atoms with Crippen molar-refractivity contribution in [3.63, 3.8) is 0 Å². The van der Waals surface area contributed by atoms with E-state index in [4.69, 9.17) is 16.9 Å². The summed E-state index contributed by atoms with van der Waals surface area (Å²) in [5.74, 6) is 11.1. The summed E-state index contributed by atoms with van der Waals surface area (Å²) in [7, 11) is 0. The molecule has 5 N–H and O–H groups in total. The number of nitrogens with two attached hydrogens (primary N) is 2. The SMILES string of the molecule is Cc1nc2c(C#N)c(NN)sc2c(=O)n1N. The van der Waals surface area contributed by atoms with Gasteiger partial charge in [0.15, 0.2) is 0 Å². The van der Waals surface area contributed by atoms with E-state index in [0.717, 1.165) is 16.0 Å². The highest BCUT2D eigenvalue weighted by atomic mass is 32.1. The fraction of sp³-hybridized carbons (Fsp3) is 0.125. The van der Waals surface area contributed by atoms with E-state index < -0.39 is 0 Å². The Labute approximate surface area is 93.9 Å². The average Bonchev–Trinajstić information content (AvgIpc) is 2.63. The summed E-state index contributed by atoms with van der Waals surface area (Å²) in [5.41, 5.74) is 2.59. The molecule has 0 saturated carbocycles. The first-order valence-corrected chi connectivity index (χ1v) is 5.09. The minimum absolute atomic E-state index is 0.267. The number of fused-ring (bicyclic) bond motifs is 1. The Balaban J connectivity index is 3.01. The zero-order valence-electron chi connectivity index (χ0n) is 8.31. The van der Waals surface area contributed by atoms with Crippen molar-refractivity contribution in [2.45, 2.75) is 6.92 Å². The summed E-state index contributed by atoms with van der Waals surface area (Å²) in [6, 6.07) is 1.96. The van der Waals surface area contributed by atoms with Gasteiger partial charge in [-0.05, 0) is 6.92 Å². The van der Waals surface area contributed by atoms with E-state index in [9.17, 15) is 4.79 Å². The third kappa shape index (κ3) is 1.23.